The van der Waals surface area contributed by atoms with Gasteiger partial charge in [-0.3, -0.25) is 19.4 Å². The minimum absolute atomic E-state index is 0.0248. The predicted molar refractivity (Wildman–Crippen MR) is 302 cm³/mol. The summed E-state index contributed by atoms with van der Waals surface area (Å²) in [6.07, 6.45) is 8.96. The molecule has 19 heteroatoms. The van der Waals surface area contributed by atoms with Gasteiger partial charge in [0.05, 0.1) is 59.7 Å². The fourth-order valence-corrected chi connectivity index (χ4v) is 13.2. The molecule has 2 amide bonds. The Labute approximate surface area is 445 Å². The molecule has 2 atom stereocenters. The third-order valence-corrected chi connectivity index (χ3v) is 17.2. The Bertz CT molecular complexity index is 3480. The maximum absolute atomic E-state index is 13.2. The fourth-order valence-electron chi connectivity index (χ4n) is 10.9. The standard InChI is InChI=1S/C28H32N6O3S.C28H34N6O2S/c1-17-10-19-12-23(38-25(19)22(11-17)36-3)21-15-34(27-24(21)26(29)30-16-31-27)20-4-5-33(14-20)28(35)18(2)13-32-6-8-37-9-7-32;1-6-32(7-2)13-18(4)28(35)33-9-8-20(14-33)34-15-21(24-26(29)30-16-31-27(24)34)23-12-19-10-17(3)11-22(36-5)25(19)37-23/h10-12,15-16,20H,2,4-9,13-14H2,1,3H3,(H2,29,30,31);10-12,15-16,20H,4,6-9,13-14H2,1-3,5H3,(H2,29,30,31)/t2*20-/m00/s1. The van der Waals surface area contributed by atoms with Crippen molar-refractivity contribution in [2.45, 2.75) is 52.6 Å². The second-order valence-electron chi connectivity index (χ2n) is 19.8. The van der Waals surface area contributed by atoms with Crippen molar-refractivity contribution in [1.29, 1.82) is 0 Å². The number of nitrogens with two attached hydrogens (primary N) is 2. The average molecular weight is 1050 g/mol. The topological polar surface area (TPSA) is 188 Å². The Morgan fingerprint density at radius 3 is 1.61 bits per heavy atom. The quantitative estimate of drug-likeness (QED) is 0.0985. The van der Waals surface area contributed by atoms with Crippen molar-refractivity contribution in [2.75, 3.05) is 104 Å². The lowest BCUT2D eigenvalue weighted by molar-refractivity contribution is -0.127. The van der Waals surface area contributed by atoms with Crippen molar-refractivity contribution >= 4 is 88.4 Å². The summed E-state index contributed by atoms with van der Waals surface area (Å²) >= 11 is 3.36. The second-order valence-corrected chi connectivity index (χ2v) is 21.9. The van der Waals surface area contributed by atoms with Gasteiger partial charge in [0.2, 0.25) is 0 Å². The molecule has 4 N–H and O–H groups in total. The molecule has 0 radical (unpaired) electrons. The average Bonchev–Trinajstić information content (AvgIpc) is 4.29. The van der Waals surface area contributed by atoms with Gasteiger partial charge in [0.25, 0.3) is 11.8 Å². The normalized spacial score (nSPS) is 17.2. The van der Waals surface area contributed by atoms with Crippen molar-refractivity contribution in [3.63, 3.8) is 0 Å². The van der Waals surface area contributed by atoms with E-state index in [-0.39, 0.29) is 23.9 Å². The number of nitrogen functional groups attached to an aromatic ring is 2. The van der Waals surface area contributed by atoms with Crippen molar-refractivity contribution in [1.82, 2.24) is 48.7 Å². The van der Waals surface area contributed by atoms with E-state index >= 15 is 0 Å². The number of aryl methyl sites for hydroxylation is 2. The Kier molecular flexibility index (Phi) is 15.0. The predicted octanol–water partition coefficient (Wildman–Crippen LogP) is 8.76. The van der Waals surface area contributed by atoms with Crippen LogP contribution < -0.4 is 20.9 Å². The van der Waals surface area contributed by atoms with E-state index in [0.29, 0.717) is 75.3 Å². The summed E-state index contributed by atoms with van der Waals surface area (Å²) < 4.78 is 23.3. The number of carbonyl (C=O) groups is 2. The zero-order valence-electron chi connectivity index (χ0n) is 43.7. The Balaban J connectivity index is 0.000000171. The summed E-state index contributed by atoms with van der Waals surface area (Å²) in [5, 5.41) is 3.96. The molecule has 2 aromatic carbocycles. The van der Waals surface area contributed by atoms with Crippen LogP contribution in [0.1, 0.15) is 49.9 Å². The fraction of sp³-hybridized carbons (Fsp3) is 0.393. The molecular weight excluding hydrogens is 985 g/mol. The van der Waals surface area contributed by atoms with E-state index in [1.807, 2.05) is 9.80 Å². The number of fused-ring (bicyclic) bond motifs is 4. The summed E-state index contributed by atoms with van der Waals surface area (Å²) in [4.78, 5) is 54.7. The van der Waals surface area contributed by atoms with Crippen LogP contribution in [-0.2, 0) is 14.3 Å². The Hall–Kier alpha value is -6.90. The number of hydrogen-bond acceptors (Lipinski definition) is 15. The summed E-state index contributed by atoms with van der Waals surface area (Å²) in [6.45, 7) is 25.2. The van der Waals surface area contributed by atoms with Crippen molar-refractivity contribution in [3.05, 3.63) is 96.9 Å². The molecule has 6 aromatic heterocycles. The summed E-state index contributed by atoms with van der Waals surface area (Å²) in [7, 11) is 3.41. The van der Waals surface area contributed by atoms with Gasteiger partial charge >= 0.3 is 0 Å². The first-order valence-corrected chi connectivity index (χ1v) is 27.3. The molecule has 0 bridgehead atoms. The van der Waals surface area contributed by atoms with Gasteiger partial charge in [-0.15, -0.1) is 22.7 Å². The highest BCUT2D eigenvalue weighted by atomic mass is 32.1. The number of amides is 2. The molecule has 3 aliphatic heterocycles. The van der Waals surface area contributed by atoms with Gasteiger partial charge in [-0.25, -0.2) is 19.9 Å². The monoisotopic (exact) mass is 1050 g/mol. The molecule has 392 valence electrons. The van der Waals surface area contributed by atoms with Gasteiger partial charge in [0.15, 0.2) is 0 Å². The Morgan fingerprint density at radius 2 is 1.16 bits per heavy atom. The number of likely N-dealkylation sites (tertiary alicyclic amines) is 2. The molecule has 75 heavy (non-hydrogen) atoms. The van der Waals surface area contributed by atoms with Crippen molar-refractivity contribution in [2.24, 2.45) is 0 Å². The van der Waals surface area contributed by atoms with Crippen LogP contribution in [0.4, 0.5) is 11.6 Å². The molecule has 0 unspecified atom stereocenters. The minimum atomic E-state index is 0.0248. The maximum atomic E-state index is 13.2. The zero-order valence-corrected chi connectivity index (χ0v) is 45.4. The van der Waals surface area contributed by atoms with E-state index in [1.165, 1.54) is 12.7 Å². The van der Waals surface area contributed by atoms with Crippen LogP contribution in [0, 0.1) is 13.8 Å². The van der Waals surface area contributed by atoms with Crippen molar-refractivity contribution < 1.29 is 23.8 Å². The summed E-state index contributed by atoms with van der Waals surface area (Å²) in [5.74, 6) is 2.71. The summed E-state index contributed by atoms with van der Waals surface area (Å²) in [6, 6.07) is 13.0. The van der Waals surface area contributed by atoms with E-state index in [0.717, 1.165) is 125 Å². The number of likely N-dealkylation sites (N-methyl/N-ethyl adjacent to an activating group) is 1. The number of benzene rings is 2. The van der Waals surface area contributed by atoms with Crippen LogP contribution in [0.5, 0.6) is 11.5 Å². The van der Waals surface area contributed by atoms with Gasteiger partial charge in [0.1, 0.15) is 47.1 Å². The number of hydrogen-bond donors (Lipinski definition) is 2. The second kappa shape index (κ2) is 21.8. The van der Waals surface area contributed by atoms with Gasteiger partial charge in [-0.2, -0.15) is 0 Å². The van der Waals surface area contributed by atoms with Gasteiger partial charge in [-0.05, 0) is 85.9 Å². The third kappa shape index (κ3) is 10.2. The SMILES string of the molecule is C=C(CN(CC)CC)C(=O)N1CC[C@H](n2cc(-c3cc4cc(C)cc(OC)c4s3)c3c(N)ncnc32)C1.C=C(CN1CCOCC1)C(=O)N1CC[C@H](n2cc(-c3cc4cc(C)cc(OC)c4s3)c3c(N)ncnc32)C1. The van der Waals surface area contributed by atoms with Crippen LogP contribution in [0.2, 0.25) is 0 Å². The first-order valence-electron chi connectivity index (χ1n) is 25.6. The number of morpholine rings is 1. The number of carbonyl (C=O) groups excluding carboxylic acids is 2. The third-order valence-electron chi connectivity index (χ3n) is 14.8. The van der Waals surface area contributed by atoms with E-state index in [9.17, 15) is 9.59 Å². The van der Waals surface area contributed by atoms with Crippen LogP contribution in [0.3, 0.4) is 0 Å². The van der Waals surface area contributed by atoms with E-state index in [2.05, 4.69) is 129 Å². The highest BCUT2D eigenvalue weighted by Gasteiger charge is 2.33. The van der Waals surface area contributed by atoms with E-state index in [1.54, 1.807) is 36.9 Å². The van der Waals surface area contributed by atoms with Crippen molar-refractivity contribution in [3.8, 4) is 32.4 Å². The molecule has 9 heterocycles. The number of anilines is 2. The lowest BCUT2D eigenvalue weighted by atomic mass is 10.1. The molecule has 8 aromatic rings. The first kappa shape index (κ1) is 51.6. The molecule has 0 spiro atoms. The van der Waals surface area contributed by atoms with Crippen LogP contribution >= 0.6 is 22.7 Å². The maximum Gasteiger partial charge on any atom is 0.250 e. The summed E-state index contributed by atoms with van der Waals surface area (Å²) in [5.41, 5.74) is 20.0. The number of thiophene rings is 2. The number of methoxy groups -OCH3 is 2. The molecule has 11 rings (SSSR count). The van der Waals surface area contributed by atoms with Crippen LogP contribution in [-0.4, -0.2) is 153 Å². The lowest BCUT2D eigenvalue weighted by Crippen LogP contribution is -2.40. The molecule has 0 aliphatic carbocycles. The lowest BCUT2D eigenvalue weighted by Gasteiger charge is -2.28. The van der Waals surface area contributed by atoms with Crippen LogP contribution in [0.25, 0.3) is 63.1 Å². The molecule has 17 nitrogen and oxygen atoms in total. The minimum Gasteiger partial charge on any atom is -0.495 e. The molecule has 3 fully saturated rings. The zero-order chi connectivity index (χ0) is 52.7. The van der Waals surface area contributed by atoms with Gasteiger partial charge in [0, 0.05) is 96.8 Å². The number of ether oxygens (including phenoxy) is 3. The molecule has 3 saturated heterocycles. The molecule has 3 aliphatic rings. The molecular formula is C56H66N12O5S2. The smallest absolute Gasteiger partial charge is 0.250 e. The highest BCUT2D eigenvalue weighted by Crippen LogP contribution is 2.46. The van der Waals surface area contributed by atoms with E-state index in [4.69, 9.17) is 25.7 Å². The number of aromatic nitrogens is 6. The largest absolute Gasteiger partial charge is 0.495 e. The number of nitrogens with zero attached hydrogens (tertiary/aromatic N) is 10. The van der Waals surface area contributed by atoms with Gasteiger partial charge in [-0.1, -0.05) is 39.1 Å². The molecule has 0 saturated carbocycles. The van der Waals surface area contributed by atoms with E-state index < -0.39 is 0 Å². The first-order chi connectivity index (χ1) is 36.3. The van der Waals surface area contributed by atoms with Gasteiger partial charge < -0.3 is 44.6 Å². The highest BCUT2D eigenvalue weighted by molar-refractivity contribution is 7.23. The van der Waals surface area contributed by atoms with Crippen LogP contribution in [0.15, 0.2) is 85.8 Å². The Morgan fingerprint density at radius 1 is 0.693 bits per heavy atom. The number of rotatable bonds is 14.